The molecule has 174 valence electrons. The van der Waals surface area contributed by atoms with Gasteiger partial charge in [0.1, 0.15) is 12.4 Å². The highest BCUT2D eigenvalue weighted by Gasteiger charge is 2.25. The molecule has 1 aromatic carbocycles. The van der Waals surface area contributed by atoms with E-state index in [1.54, 1.807) is 24.1 Å². The lowest BCUT2D eigenvalue weighted by molar-refractivity contribution is -0.138. The minimum absolute atomic E-state index is 0.0244. The number of carbonyl (C=O) groups is 1. The number of amides is 1. The monoisotopic (exact) mass is 446 g/mol. The predicted molar refractivity (Wildman–Crippen MR) is 117 cm³/mol. The van der Waals surface area contributed by atoms with Crippen LogP contribution in [0.2, 0.25) is 0 Å². The molecule has 10 heteroatoms. The van der Waals surface area contributed by atoms with E-state index in [1.807, 2.05) is 6.92 Å². The van der Waals surface area contributed by atoms with Gasteiger partial charge >= 0.3 is 0 Å². The zero-order valence-corrected chi connectivity index (χ0v) is 18.8. The molecule has 2 aliphatic rings. The molecule has 2 fully saturated rings. The first-order chi connectivity index (χ1) is 15.5. The summed E-state index contributed by atoms with van der Waals surface area (Å²) in [5.74, 6) is 1.37. The minimum atomic E-state index is -0.270. The topological polar surface area (TPSA) is 95.4 Å². The van der Waals surface area contributed by atoms with Crippen molar-refractivity contribution in [1.82, 2.24) is 19.4 Å². The van der Waals surface area contributed by atoms with E-state index in [-0.39, 0.29) is 24.1 Å². The van der Waals surface area contributed by atoms with E-state index in [0.29, 0.717) is 67.7 Å². The first-order valence-corrected chi connectivity index (χ1v) is 10.8. The van der Waals surface area contributed by atoms with Gasteiger partial charge in [-0.15, -0.1) is 0 Å². The molecule has 1 amide bonds. The van der Waals surface area contributed by atoms with Crippen LogP contribution < -0.4 is 15.0 Å². The van der Waals surface area contributed by atoms with Crippen LogP contribution in [0, 0.1) is 0 Å². The van der Waals surface area contributed by atoms with Crippen LogP contribution in [0.4, 0.5) is 0 Å². The van der Waals surface area contributed by atoms with Crippen molar-refractivity contribution in [2.45, 2.75) is 26.1 Å². The van der Waals surface area contributed by atoms with Crippen LogP contribution in [0.1, 0.15) is 12.7 Å². The van der Waals surface area contributed by atoms with Crippen LogP contribution >= 0.6 is 0 Å². The Labute approximate surface area is 186 Å². The molecule has 1 aromatic heterocycles. The number of methoxy groups -OCH3 is 2. The first kappa shape index (κ1) is 22.5. The maximum Gasteiger partial charge on any atom is 0.262 e. The van der Waals surface area contributed by atoms with Crippen molar-refractivity contribution in [3.63, 3.8) is 0 Å². The van der Waals surface area contributed by atoms with Crippen molar-refractivity contribution in [2.75, 3.05) is 60.2 Å². The van der Waals surface area contributed by atoms with Crippen molar-refractivity contribution in [2.24, 2.45) is 0 Å². The Kier molecular flexibility index (Phi) is 6.92. The van der Waals surface area contributed by atoms with Crippen molar-refractivity contribution >= 4 is 16.8 Å². The molecule has 32 heavy (non-hydrogen) atoms. The molecule has 0 bridgehead atoms. The molecule has 2 aliphatic heterocycles. The fraction of sp³-hybridized carbons (Fsp3) is 0.591. The van der Waals surface area contributed by atoms with Crippen molar-refractivity contribution in [1.29, 1.82) is 0 Å². The van der Waals surface area contributed by atoms with Crippen LogP contribution in [-0.4, -0.2) is 91.6 Å². The summed E-state index contributed by atoms with van der Waals surface area (Å²) in [6, 6.07) is 3.33. The van der Waals surface area contributed by atoms with Crippen LogP contribution in [0.25, 0.3) is 10.9 Å². The summed E-state index contributed by atoms with van der Waals surface area (Å²) in [7, 11) is 3.06. The van der Waals surface area contributed by atoms with Gasteiger partial charge in [0.25, 0.3) is 5.56 Å². The Morgan fingerprint density at radius 2 is 1.84 bits per heavy atom. The van der Waals surface area contributed by atoms with E-state index in [0.717, 1.165) is 13.1 Å². The van der Waals surface area contributed by atoms with Gasteiger partial charge in [-0.3, -0.25) is 19.1 Å². The predicted octanol–water partition coefficient (Wildman–Crippen LogP) is 0.493. The minimum Gasteiger partial charge on any atom is -0.493 e. The smallest absolute Gasteiger partial charge is 0.262 e. The maximum atomic E-state index is 13.5. The third-order valence-corrected chi connectivity index (χ3v) is 5.89. The number of benzene rings is 1. The number of carbonyl (C=O) groups excluding carboxylic acids is 1. The highest BCUT2D eigenvalue weighted by Crippen LogP contribution is 2.30. The van der Waals surface area contributed by atoms with Gasteiger partial charge in [-0.25, -0.2) is 4.98 Å². The van der Waals surface area contributed by atoms with Gasteiger partial charge in [0, 0.05) is 32.2 Å². The van der Waals surface area contributed by atoms with E-state index in [1.165, 1.54) is 11.7 Å². The highest BCUT2D eigenvalue weighted by atomic mass is 16.5. The Bertz CT molecular complexity index is 1030. The summed E-state index contributed by atoms with van der Waals surface area (Å²) in [5, 5.41) is 0.386. The van der Waals surface area contributed by atoms with E-state index >= 15 is 0 Å². The second kappa shape index (κ2) is 9.85. The number of rotatable bonds is 6. The third kappa shape index (κ3) is 4.72. The van der Waals surface area contributed by atoms with E-state index in [4.69, 9.17) is 23.9 Å². The highest BCUT2D eigenvalue weighted by molar-refractivity contribution is 5.83. The van der Waals surface area contributed by atoms with Crippen molar-refractivity contribution in [3.8, 4) is 11.5 Å². The molecule has 0 saturated carbocycles. The van der Waals surface area contributed by atoms with Crippen LogP contribution in [0.5, 0.6) is 11.5 Å². The molecule has 0 aliphatic carbocycles. The van der Waals surface area contributed by atoms with E-state index in [2.05, 4.69) is 4.90 Å². The molecule has 3 heterocycles. The van der Waals surface area contributed by atoms with E-state index in [9.17, 15) is 9.59 Å². The summed E-state index contributed by atoms with van der Waals surface area (Å²) in [6.07, 6.45) is -0.0244. The quantitative estimate of drug-likeness (QED) is 0.633. The standard InChI is InChI=1S/C22H30N4O6/c1-15-12-25(6-9-32-15)21(27)14-26-20(13-24-4-7-31-8-5-24)23-17-11-19(30-3)18(29-2)10-16(17)22(26)28/h10-11,15H,4-9,12-14H2,1-3H3. The fourth-order valence-corrected chi connectivity index (χ4v) is 4.12. The zero-order chi connectivity index (χ0) is 22.7. The number of aromatic nitrogens is 2. The van der Waals surface area contributed by atoms with Gasteiger partial charge in [-0.1, -0.05) is 0 Å². The number of fused-ring (bicyclic) bond motifs is 1. The van der Waals surface area contributed by atoms with Gasteiger partial charge < -0.3 is 23.8 Å². The lowest BCUT2D eigenvalue weighted by atomic mass is 10.2. The maximum absolute atomic E-state index is 13.5. The number of ether oxygens (including phenoxy) is 4. The number of morpholine rings is 2. The molecular formula is C22H30N4O6. The molecule has 0 N–H and O–H groups in total. The number of hydrogen-bond donors (Lipinski definition) is 0. The Morgan fingerprint density at radius 1 is 1.12 bits per heavy atom. The van der Waals surface area contributed by atoms with Gasteiger partial charge in [0.05, 0.1) is 57.6 Å². The van der Waals surface area contributed by atoms with Gasteiger partial charge in [-0.05, 0) is 13.0 Å². The van der Waals surface area contributed by atoms with Crippen LogP contribution in [0.3, 0.4) is 0 Å². The average Bonchev–Trinajstić information content (AvgIpc) is 2.81. The molecule has 2 aromatic rings. The van der Waals surface area contributed by atoms with Gasteiger partial charge in [0.15, 0.2) is 11.5 Å². The number of hydrogen-bond acceptors (Lipinski definition) is 8. The lowest BCUT2D eigenvalue weighted by Crippen LogP contribution is -2.47. The van der Waals surface area contributed by atoms with Crippen LogP contribution in [0.15, 0.2) is 16.9 Å². The summed E-state index contributed by atoms with van der Waals surface area (Å²) < 4.78 is 23.2. The molecular weight excluding hydrogens is 416 g/mol. The largest absolute Gasteiger partial charge is 0.493 e. The Hall–Kier alpha value is -2.69. The summed E-state index contributed by atoms with van der Waals surface area (Å²) in [6.45, 7) is 6.60. The third-order valence-electron chi connectivity index (χ3n) is 5.89. The average molecular weight is 447 g/mol. The van der Waals surface area contributed by atoms with Gasteiger partial charge in [0.2, 0.25) is 5.91 Å². The molecule has 1 atom stereocenters. The van der Waals surface area contributed by atoms with Crippen molar-refractivity contribution < 1.29 is 23.7 Å². The van der Waals surface area contributed by atoms with Crippen molar-refractivity contribution in [3.05, 3.63) is 28.3 Å². The lowest BCUT2D eigenvalue weighted by Gasteiger charge is -2.32. The molecule has 2 saturated heterocycles. The number of nitrogens with zero attached hydrogens (tertiary/aromatic N) is 4. The normalized spacial score (nSPS) is 19.8. The van der Waals surface area contributed by atoms with E-state index < -0.39 is 0 Å². The SMILES string of the molecule is COc1cc2nc(CN3CCOCC3)n(CC(=O)N3CCOC(C)C3)c(=O)c2cc1OC. The second-order valence-corrected chi connectivity index (χ2v) is 8.05. The Morgan fingerprint density at radius 3 is 2.53 bits per heavy atom. The second-order valence-electron chi connectivity index (χ2n) is 8.05. The van der Waals surface area contributed by atoms with Crippen LogP contribution in [-0.2, 0) is 27.4 Å². The molecule has 4 rings (SSSR count). The summed E-state index contributed by atoms with van der Waals surface area (Å²) in [4.78, 5) is 35.3. The molecule has 0 spiro atoms. The first-order valence-electron chi connectivity index (χ1n) is 10.8. The Balaban J connectivity index is 1.74. The summed E-state index contributed by atoms with van der Waals surface area (Å²) >= 11 is 0. The molecule has 0 radical (unpaired) electrons. The molecule has 10 nitrogen and oxygen atoms in total. The van der Waals surface area contributed by atoms with Gasteiger partial charge in [-0.2, -0.15) is 0 Å². The summed E-state index contributed by atoms with van der Waals surface area (Å²) in [5.41, 5.74) is 0.244. The fourth-order valence-electron chi connectivity index (χ4n) is 4.12. The molecule has 1 unspecified atom stereocenters. The zero-order valence-electron chi connectivity index (χ0n) is 18.8.